The minimum absolute atomic E-state index is 0.215. The number of likely N-dealkylation sites (N-methyl/N-ethyl adjacent to an activating group) is 1. The minimum atomic E-state index is -0.812. The highest BCUT2D eigenvalue weighted by Crippen LogP contribution is 2.39. The molecule has 2 fully saturated rings. The number of ether oxygens (including phenoxy) is 1. The second-order valence-corrected chi connectivity index (χ2v) is 6.47. The van der Waals surface area contributed by atoms with Gasteiger partial charge in [-0.2, -0.15) is 0 Å². The highest BCUT2D eigenvalue weighted by molar-refractivity contribution is 5.82. The van der Waals surface area contributed by atoms with E-state index >= 15 is 0 Å². The van der Waals surface area contributed by atoms with Gasteiger partial charge in [-0.3, -0.25) is 4.90 Å². The fourth-order valence-electron chi connectivity index (χ4n) is 3.22. The van der Waals surface area contributed by atoms with Gasteiger partial charge in [0.05, 0.1) is 6.61 Å². The normalized spacial score (nSPS) is 28.7. The van der Waals surface area contributed by atoms with E-state index in [0.717, 1.165) is 38.9 Å². The van der Waals surface area contributed by atoms with E-state index in [1.54, 1.807) is 0 Å². The van der Waals surface area contributed by atoms with E-state index < -0.39 is 5.54 Å². The van der Waals surface area contributed by atoms with Crippen molar-refractivity contribution in [1.82, 2.24) is 9.80 Å². The molecule has 0 aromatic heterocycles. The van der Waals surface area contributed by atoms with E-state index in [1.807, 2.05) is 6.92 Å². The van der Waals surface area contributed by atoms with Crippen molar-refractivity contribution >= 4 is 5.97 Å². The predicted octanol–water partition coefficient (Wildman–Crippen LogP) is 0.683. The number of rotatable bonds is 5. The second-order valence-electron chi connectivity index (χ2n) is 6.47. The molecule has 2 rings (SSSR count). The maximum absolute atomic E-state index is 12.3. The Kier molecular flexibility index (Phi) is 5.04. The first-order valence-electron chi connectivity index (χ1n) is 7.86. The Balaban J connectivity index is 2.05. The molecule has 0 amide bonds. The quantitative estimate of drug-likeness (QED) is 0.752. The minimum Gasteiger partial charge on any atom is -0.465 e. The molecule has 2 N–H and O–H groups in total. The van der Waals surface area contributed by atoms with E-state index in [2.05, 4.69) is 23.8 Å². The van der Waals surface area contributed by atoms with Crippen molar-refractivity contribution in [3.8, 4) is 0 Å². The van der Waals surface area contributed by atoms with Crippen LogP contribution in [0.1, 0.15) is 33.1 Å². The fraction of sp³-hybridized carbons (Fsp3) is 0.933. The summed E-state index contributed by atoms with van der Waals surface area (Å²) in [6.45, 7) is 8.25. The van der Waals surface area contributed by atoms with E-state index in [-0.39, 0.29) is 5.97 Å². The smallest absolute Gasteiger partial charge is 0.327 e. The third-order valence-corrected chi connectivity index (χ3v) is 4.61. The van der Waals surface area contributed by atoms with Crippen LogP contribution in [0.5, 0.6) is 0 Å². The standard InChI is InChI=1S/C15H29N3O2/c1-4-20-14(19)15(16,13-6-7-13)11-18-9-5-8-17(3)10-12(18)2/h12-13H,4-11,16H2,1-3H3. The lowest BCUT2D eigenvalue weighted by atomic mass is 9.93. The summed E-state index contributed by atoms with van der Waals surface area (Å²) in [5, 5.41) is 0. The summed E-state index contributed by atoms with van der Waals surface area (Å²) in [6, 6.07) is 0.429. The van der Waals surface area contributed by atoms with Crippen LogP contribution in [0.15, 0.2) is 0 Å². The Labute approximate surface area is 122 Å². The molecule has 5 nitrogen and oxygen atoms in total. The summed E-state index contributed by atoms with van der Waals surface area (Å²) < 4.78 is 5.24. The molecule has 2 atom stereocenters. The topological polar surface area (TPSA) is 58.8 Å². The van der Waals surface area contributed by atoms with Gasteiger partial charge >= 0.3 is 5.97 Å². The Morgan fingerprint density at radius 1 is 1.40 bits per heavy atom. The maximum atomic E-state index is 12.3. The van der Waals surface area contributed by atoms with E-state index in [1.165, 1.54) is 0 Å². The molecule has 1 saturated carbocycles. The first kappa shape index (κ1) is 15.7. The molecule has 0 radical (unpaired) electrons. The van der Waals surface area contributed by atoms with Crippen molar-refractivity contribution in [2.75, 3.05) is 39.8 Å². The van der Waals surface area contributed by atoms with Gasteiger partial charge in [0.2, 0.25) is 0 Å². The third-order valence-electron chi connectivity index (χ3n) is 4.61. The zero-order chi connectivity index (χ0) is 14.8. The average molecular weight is 283 g/mol. The maximum Gasteiger partial charge on any atom is 0.327 e. The van der Waals surface area contributed by atoms with E-state index in [9.17, 15) is 4.79 Å². The second kappa shape index (κ2) is 6.41. The van der Waals surface area contributed by atoms with Gasteiger partial charge < -0.3 is 15.4 Å². The van der Waals surface area contributed by atoms with Crippen LogP contribution in [0, 0.1) is 5.92 Å². The lowest BCUT2D eigenvalue weighted by Crippen LogP contribution is -2.60. The van der Waals surface area contributed by atoms with Crippen molar-refractivity contribution in [3.05, 3.63) is 0 Å². The van der Waals surface area contributed by atoms with E-state index in [4.69, 9.17) is 10.5 Å². The number of hydrogen-bond acceptors (Lipinski definition) is 5. The van der Waals surface area contributed by atoms with Crippen molar-refractivity contribution in [2.45, 2.75) is 44.7 Å². The van der Waals surface area contributed by atoms with Crippen LogP contribution in [-0.2, 0) is 9.53 Å². The predicted molar refractivity (Wildman–Crippen MR) is 79.4 cm³/mol. The fourth-order valence-corrected chi connectivity index (χ4v) is 3.22. The summed E-state index contributed by atoms with van der Waals surface area (Å²) in [4.78, 5) is 17.0. The number of nitrogens with two attached hydrogens (primary N) is 1. The van der Waals surface area contributed by atoms with Crippen molar-refractivity contribution in [1.29, 1.82) is 0 Å². The summed E-state index contributed by atoms with van der Waals surface area (Å²) in [5.74, 6) is 0.0852. The Bertz CT molecular complexity index is 346. The van der Waals surface area contributed by atoms with Crippen LogP contribution in [0.25, 0.3) is 0 Å². The average Bonchev–Trinajstić information content (AvgIpc) is 3.21. The summed E-state index contributed by atoms with van der Waals surface area (Å²) in [6.07, 6.45) is 3.24. The van der Waals surface area contributed by atoms with Gasteiger partial charge in [0.25, 0.3) is 0 Å². The molecule has 0 bridgehead atoms. The summed E-state index contributed by atoms with van der Waals surface area (Å²) in [7, 11) is 2.15. The highest BCUT2D eigenvalue weighted by atomic mass is 16.5. The molecule has 116 valence electrons. The summed E-state index contributed by atoms with van der Waals surface area (Å²) >= 11 is 0. The van der Waals surface area contributed by atoms with Gasteiger partial charge in [-0.25, -0.2) is 4.79 Å². The monoisotopic (exact) mass is 283 g/mol. The van der Waals surface area contributed by atoms with Crippen LogP contribution >= 0.6 is 0 Å². The number of carbonyl (C=O) groups excluding carboxylic acids is 1. The lowest BCUT2D eigenvalue weighted by molar-refractivity contribution is -0.151. The van der Waals surface area contributed by atoms with Gasteiger partial charge in [0.15, 0.2) is 0 Å². The van der Waals surface area contributed by atoms with Gasteiger partial charge in [0, 0.05) is 19.1 Å². The number of nitrogens with zero attached hydrogens (tertiary/aromatic N) is 2. The van der Waals surface area contributed by atoms with Gasteiger partial charge in [0.1, 0.15) is 5.54 Å². The molecular weight excluding hydrogens is 254 g/mol. The molecule has 1 aliphatic heterocycles. The zero-order valence-corrected chi connectivity index (χ0v) is 13.1. The zero-order valence-electron chi connectivity index (χ0n) is 13.1. The van der Waals surface area contributed by atoms with Crippen molar-refractivity contribution < 1.29 is 9.53 Å². The number of carbonyl (C=O) groups is 1. The van der Waals surface area contributed by atoms with E-state index in [0.29, 0.717) is 25.1 Å². The van der Waals surface area contributed by atoms with Crippen LogP contribution < -0.4 is 5.73 Å². The molecule has 0 spiro atoms. The van der Waals surface area contributed by atoms with Crippen molar-refractivity contribution in [3.63, 3.8) is 0 Å². The molecule has 1 aliphatic carbocycles. The number of hydrogen-bond donors (Lipinski definition) is 1. The molecular formula is C15H29N3O2. The Morgan fingerprint density at radius 2 is 2.10 bits per heavy atom. The largest absolute Gasteiger partial charge is 0.465 e. The van der Waals surface area contributed by atoms with Crippen LogP contribution in [0.3, 0.4) is 0 Å². The highest BCUT2D eigenvalue weighted by Gasteiger charge is 2.50. The van der Waals surface area contributed by atoms with Crippen molar-refractivity contribution in [2.24, 2.45) is 11.7 Å². The lowest BCUT2D eigenvalue weighted by Gasteiger charge is -2.36. The van der Waals surface area contributed by atoms with Crippen LogP contribution in [-0.4, -0.2) is 67.2 Å². The molecule has 5 heteroatoms. The summed E-state index contributed by atoms with van der Waals surface area (Å²) in [5.41, 5.74) is 5.67. The molecule has 0 aromatic rings. The van der Waals surface area contributed by atoms with Crippen LogP contribution in [0.2, 0.25) is 0 Å². The molecule has 20 heavy (non-hydrogen) atoms. The van der Waals surface area contributed by atoms with Crippen LogP contribution in [0.4, 0.5) is 0 Å². The molecule has 2 aliphatic rings. The number of esters is 1. The Hall–Kier alpha value is -0.650. The van der Waals surface area contributed by atoms with Gasteiger partial charge in [-0.15, -0.1) is 0 Å². The molecule has 1 heterocycles. The molecule has 0 aromatic carbocycles. The Morgan fingerprint density at radius 3 is 2.70 bits per heavy atom. The van der Waals surface area contributed by atoms with Gasteiger partial charge in [-0.05, 0) is 59.2 Å². The molecule has 1 saturated heterocycles. The first-order chi connectivity index (χ1) is 9.47. The first-order valence-corrected chi connectivity index (χ1v) is 7.86. The van der Waals surface area contributed by atoms with Gasteiger partial charge in [-0.1, -0.05) is 0 Å². The SMILES string of the molecule is CCOC(=O)C(N)(CN1CCCN(C)CC1C)C1CC1. The third kappa shape index (κ3) is 3.51. The molecule has 2 unspecified atom stereocenters.